The van der Waals surface area contributed by atoms with Crippen LogP contribution < -0.4 is 5.32 Å². The highest BCUT2D eigenvalue weighted by molar-refractivity contribution is 7.97. The van der Waals surface area contributed by atoms with Crippen LogP contribution in [0.15, 0.2) is 35.2 Å². The monoisotopic (exact) mass is 250 g/mol. The van der Waals surface area contributed by atoms with Gasteiger partial charge in [0.25, 0.3) is 0 Å². The number of nitrogens with one attached hydrogen (secondary N) is 1. The summed E-state index contributed by atoms with van der Waals surface area (Å²) in [6, 6.07) is 8.54. The molecule has 1 aromatic heterocycles. The second kappa shape index (κ2) is 5.92. The molecule has 0 aliphatic carbocycles. The van der Waals surface area contributed by atoms with Crippen molar-refractivity contribution < 1.29 is 0 Å². The third kappa shape index (κ3) is 3.25. The molecule has 0 atom stereocenters. The Morgan fingerprint density at radius 1 is 1.44 bits per heavy atom. The molecular weight excluding hydrogens is 236 g/mol. The summed E-state index contributed by atoms with van der Waals surface area (Å²) in [6.45, 7) is 0.798. The molecule has 0 radical (unpaired) electrons. The van der Waals surface area contributed by atoms with Crippen LogP contribution in [0.25, 0.3) is 0 Å². The number of thiazole rings is 1. The van der Waals surface area contributed by atoms with Gasteiger partial charge in [0.15, 0.2) is 0 Å². The number of rotatable bonds is 5. The molecule has 0 spiro atoms. The smallest absolute Gasteiger partial charge is 0.0795 e. The van der Waals surface area contributed by atoms with Crippen LogP contribution in [0.4, 0.5) is 5.69 Å². The lowest BCUT2D eigenvalue weighted by Crippen LogP contribution is -1.99. The standard InChI is InChI=1S/C12H14N2S2/c1-15-7-10-3-2-4-11(5-10)13-6-12-8-16-9-14-12/h2-5,8-9,13H,6-7H2,1H3. The van der Waals surface area contributed by atoms with Crippen molar-refractivity contribution >= 4 is 28.8 Å². The lowest BCUT2D eigenvalue weighted by Gasteiger charge is -2.06. The third-order valence-corrected chi connectivity index (χ3v) is 3.45. The average molecular weight is 250 g/mol. The molecule has 4 heteroatoms. The molecule has 2 nitrogen and oxygen atoms in total. The summed E-state index contributed by atoms with van der Waals surface area (Å²) in [6.07, 6.45) is 2.12. The van der Waals surface area contributed by atoms with Crippen molar-refractivity contribution in [3.8, 4) is 0 Å². The summed E-state index contributed by atoms with van der Waals surface area (Å²) in [7, 11) is 0. The quantitative estimate of drug-likeness (QED) is 0.877. The second-order valence-corrected chi connectivity index (χ2v) is 5.05. The Morgan fingerprint density at radius 2 is 2.38 bits per heavy atom. The van der Waals surface area contributed by atoms with Crippen molar-refractivity contribution in [1.29, 1.82) is 0 Å². The second-order valence-electron chi connectivity index (χ2n) is 3.47. The van der Waals surface area contributed by atoms with Gasteiger partial charge in [-0.3, -0.25) is 0 Å². The van der Waals surface area contributed by atoms with Gasteiger partial charge in [-0.25, -0.2) is 4.98 Å². The van der Waals surface area contributed by atoms with E-state index in [1.807, 2.05) is 17.3 Å². The number of anilines is 1. The van der Waals surface area contributed by atoms with Crippen LogP contribution in [0.2, 0.25) is 0 Å². The Bertz CT molecular complexity index is 426. The highest BCUT2D eigenvalue weighted by Crippen LogP contribution is 2.15. The van der Waals surface area contributed by atoms with Crippen molar-refractivity contribution in [3.05, 3.63) is 46.4 Å². The molecule has 0 saturated carbocycles. The Labute approximate surface area is 104 Å². The molecule has 1 aromatic carbocycles. The maximum atomic E-state index is 4.24. The van der Waals surface area contributed by atoms with E-state index in [0.717, 1.165) is 18.0 Å². The van der Waals surface area contributed by atoms with E-state index in [1.54, 1.807) is 11.3 Å². The number of aromatic nitrogens is 1. The minimum atomic E-state index is 0.798. The lowest BCUT2D eigenvalue weighted by molar-refractivity contribution is 1.07. The maximum absolute atomic E-state index is 4.24. The van der Waals surface area contributed by atoms with Gasteiger partial charge in [0, 0.05) is 16.8 Å². The number of thioether (sulfide) groups is 1. The van der Waals surface area contributed by atoms with Crippen LogP contribution in [0.3, 0.4) is 0 Å². The summed E-state index contributed by atoms with van der Waals surface area (Å²) in [4.78, 5) is 4.24. The number of nitrogens with zero attached hydrogens (tertiary/aromatic N) is 1. The van der Waals surface area contributed by atoms with Gasteiger partial charge in [-0.2, -0.15) is 11.8 Å². The van der Waals surface area contributed by atoms with E-state index in [4.69, 9.17) is 0 Å². The zero-order valence-corrected chi connectivity index (χ0v) is 10.8. The number of hydrogen-bond donors (Lipinski definition) is 1. The molecule has 1 heterocycles. The zero-order chi connectivity index (χ0) is 11.2. The van der Waals surface area contributed by atoms with Gasteiger partial charge < -0.3 is 5.32 Å². The molecule has 2 aromatic rings. The zero-order valence-electron chi connectivity index (χ0n) is 9.14. The SMILES string of the molecule is CSCc1cccc(NCc2cscn2)c1. The molecule has 0 unspecified atom stereocenters. The fraction of sp³-hybridized carbons (Fsp3) is 0.250. The van der Waals surface area contributed by atoms with Crippen LogP contribution in [0.1, 0.15) is 11.3 Å². The first-order valence-corrected chi connectivity index (χ1v) is 7.41. The van der Waals surface area contributed by atoms with Crippen LogP contribution in [0, 0.1) is 0 Å². The molecule has 0 aliphatic rings. The third-order valence-electron chi connectivity index (χ3n) is 2.20. The van der Waals surface area contributed by atoms with Crippen molar-refractivity contribution in [2.75, 3.05) is 11.6 Å². The summed E-state index contributed by atoms with van der Waals surface area (Å²) in [5.41, 5.74) is 5.48. The first-order valence-electron chi connectivity index (χ1n) is 5.07. The predicted octanol–water partition coefficient (Wildman–Crippen LogP) is 3.62. The van der Waals surface area contributed by atoms with E-state index < -0.39 is 0 Å². The van der Waals surface area contributed by atoms with Gasteiger partial charge in [-0.1, -0.05) is 12.1 Å². The van der Waals surface area contributed by atoms with Gasteiger partial charge in [-0.05, 0) is 24.0 Å². The number of hydrogen-bond acceptors (Lipinski definition) is 4. The van der Waals surface area contributed by atoms with Crippen LogP contribution in [-0.2, 0) is 12.3 Å². The van der Waals surface area contributed by atoms with Crippen molar-refractivity contribution in [2.24, 2.45) is 0 Å². The van der Waals surface area contributed by atoms with Gasteiger partial charge in [0.2, 0.25) is 0 Å². The summed E-state index contributed by atoms with van der Waals surface area (Å²) >= 11 is 3.47. The molecule has 0 bridgehead atoms. The summed E-state index contributed by atoms with van der Waals surface area (Å²) < 4.78 is 0. The van der Waals surface area contributed by atoms with Gasteiger partial charge in [-0.15, -0.1) is 11.3 Å². The highest BCUT2D eigenvalue weighted by atomic mass is 32.2. The van der Waals surface area contributed by atoms with E-state index in [0.29, 0.717) is 0 Å². The predicted molar refractivity (Wildman–Crippen MR) is 73.1 cm³/mol. The van der Waals surface area contributed by atoms with E-state index in [-0.39, 0.29) is 0 Å². The molecule has 0 saturated heterocycles. The molecule has 16 heavy (non-hydrogen) atoms. The Kier molecular flexibility index (Phi) is 4.25. The molecule has 2 rings (SSSR count). The van der Waals surface area contributed by atoms with Gasteiger partial charge in [0.1, 0.15) is 0 Å². The van der Waals surface area contributed by atoms with Crippen molar-refractivity contribution in [2.45, 2.75) is 12.3 Å². The number of benzene rings is 1. The van der Waals surface area contributed by atoms with E-state index in [2.05, 4.69) is 46.2 Å². The molecular formula is C12H14N2S2. The molecule has 0 aliphatic heterocycles. The largest absolute Gasteiger partial charge is 0.379 e. The minimum absolute atomic E-state index is 0.798. The molecule has 1 N–H and O–H groups in total. The first-order chi connectivity index (χ1) is 7.88. The fourth-order valence-corrected chi connectivity index (χ4v) is 2.53. The van der Waals surface area contributed by atoms with E-state index in [9.17, 15) is 0 Å². The summed E-state index contributed by atoms with van der Waals surface area (Å²) in [5, 5.41) is 5.45. The van der Waals surface area contributed by atoms with E-state index >= 15 is 0 Å². The van der Waals surface area contributed by atoms with Crippen LogP contribution in [0.5, 0.6) is 0 Å². The van der Waals surface area contributed by atoms with Crippen LogP contribution >= 0.6 is 23.1 Å². The van der Waals surface area contributed by atoms with Crippen molar-refractivity contribution in [1.82, 2.24) is 4.98 Å². The van der Waals surface area contributed by atoms with E-state index in [1.165, 1.54) is 11.3 Å². The molecule has 0 fully saturated rings. The van der Waals surface area contributed by atoms with Crippen LogP contribution in [-0.4, -0.2) is 11.2 Å². The Balaban J connectivity index is 1.96. The fourth-order valence-electron chi connectivity index (χ4n) is 1.46. The Morgan fingerprint density at radius 3 is 3.12 bits per heavy atom. The summed E-state index contributed by atoms with van der Waals surface area (Å²) in [5.74, 6) is 1.06. The minimum Gasteiger partial charge on any atom is -0.379 e. The lowest BCUT2D eigenvalue weighted by atomic mass is 10.2. The Hall–Kier alpha value is -1.00. The average Bonchev–Trinajstić information content (AvgIpc) is 2.80. The topological polar surface area (TPSA) is 24.9 Å². The van der Waals surface area contributed by atoms with Gasteiger partial charge >= 0.3 is 0 Å². The maximum Gasteiger partial charge on any atom is 0.0795 e. The van der Waals surface area contributed by atoms with Gasteiger partial charge in [0.05, 0.1) is 17.7 Å². The highest BCUT2D eigenvalue weighted by Gasteiger charge is 1.97. The first kappa shape index (κ1) is 11.5. The molecule has 0 amide bonds. The van der Waals surface area contributed by atoms with Crippen molar-refractivity contribution in [3.63, 3.8) is 0 Å². The molecule has 84 valence electrons. The normalized spacial score (nSPS) is 10.3.